The smallest absolute Gasteiger partial charge is 0.137 e. The summed E-state index contributed by atoms with van der Waals surface area (Å²) in [6.07, 6.45) is 0. The summed E-state index contributed by atoms with van der Waals surface area (Å²) in [5, 5.41) is 1.49. The quantitative estimate of drug-likeness (QED) is 0.839. The molecule has 0 aliphatic heterocycles. The fourth-order valence-corrected chi connectivity index (χ4v) is 3.21. The van der Waals surface area contributed by atoms with Crippen molar-refractivity contribution in [1.29, 1.82) is 0 Å². The van der Waals surface area contributed by atoms with Gasteiger partial charge in [-0.25, -0.2) is 4.39 Å². The Hall–Kier alpha value is -1.52. The van der Waals surface area contributed by atoms with Crippen molar-refractivity contribution in [2.75, 3.05) is 0 Å². The first-order chi connectivity index (χ1) is 9.88. The summed E-state index contributed by atoms with van der Waals surface area (Å²) in [5.74, 6) is -1.74. The van der Waals surface area contributed by atoms with E-state index in [0.717, 1.165) is 17.7 Å². The minimum Gasteiger partial charge on any atom is -0.806 e. The third-order valence-corrected chi connectivity index (χ3v) is 4.50. The monoisotopic (exact) mass is 308 g/mol. The summed E-state index contributed by atoms with van der Waals surface area (Å²) < 4.78 is 24.5. The van der Waals surface area contributed by atoms with Crippen molar-refractivity contribution in [3.05, 3.63) is 71.5 Å². The minimum absolute atomic E-state index is 0.211. The molecule has 0 saturated carbocycles. The van der Waals surface area contributed by atoms with Crippen molar-refractivity contribution < 1.29 is 24.1 Å². The number of rotatable bonds is 5. The highest BCUT2D eigenvalue weighted by molar-refractivity contribution is 7.48. The minimum atomic E-state index is -4.87. The highest BCUT2D eigenvalue weighted by Gasteiger charge is 2.22. The van der Waals surface area contributed by atoms with Gasteiger partial charge >= 0.3 is 0 Å². The molecule has 0 aliphatic carbocycles. The average molecular weight is 308 g/mol. The largest absolute Gasteiger partial charge is 0.806 e. The lowest BCUT2D eigenvalue weighted by Gasteiger charge is -2.37. The van der Waals surface area contributed by atoms with E-state index in [-0.39, 0.29) is 11.6 Å². The predicted octanol–water partition coefficient (Wildman–Crippen LogP) is 1.06. The van der Waals surface area contributed by atoms with Crippen LogP contribution in [0.2, 0.25) is 0 Å². The molecular formula is C15H16FNO3P-. The zero-order chi connectivity index (χ0) is 15.5. The summed E-state index contributed by atoms with van der Waals surface area (Å²) in [7, 11) is -4.87. The molecule has 0 bridgehead atoms. The number of hydrogen-bond acceptors (Lipinski definition) is 3. The molecule has 2 aromatic carbocycles. The predicted molar refractivity (Wildman–Crippen MR) is 73.5 cm³/mol. The average Bonchev–Trinajstić information content (AvgIpc) is 2.45. The van der Waals surface area contributed by atoms with Gasteiger partial charge in [-0.15, -0.1) is 0 Å². The fourth-order valence-electron chi connectivity index (χ4n) is 2.20. The lowest BCUT2D eigenvalue weighted by atomic mass is 10.1. The molecule has 0 spiro atoms. The zero-order valence-electron chi connectivity index (χ0n) is 11.5. The normalized spacial score (nSPS) is 14.7. The highest BCUT2D eigenvalue weighted by atomic mass is 31.2. The summed E-state index contributed by atoms with van der Waals surface area (Å²) >= 11 is 0. The number of benzene rings is 2. The molecule has 0 unspecified atom stereocenters. The van der Waals surface area contributed by atoms with E-state index in [0.29, 0.717) is 0 Å². The molecule has 0 aromatic heterocycles. The Kier molecular flexibility index (Phi) is 4.91. The molecule has 0 heterocycles. The third kappa shape index (κ3) is 4.22. The first kappa shape index (κ1) is 15.9. The van der Waals surface area contributed by atoms with E-state index < -0.39 is 19.2 Å². The van der Waals surface area contributed by atoms with Gasteiger partial charge in [0.25, 0.3) is 0 Å². The second-order valence-electron chi connectivity index (χ2n) is 4.93. The Bertz CT molecular complexity index is 627. The standard InChI is InChI=1S/C15H17FNO3P/c1-11(12-5-3-2-4-6-12)17-15(21(18,19)20)13-7-9-14(16)10-8-13/h2-11,15,17H,1H3,(H2,18,19,20)/p-1/t11-,15+/m1/s1. The molecule has 2 aromatic rings. The van der Waals surface area contributed by atoms with Gasteiger partial charge in [-0.2, -0.15) is 0 Å². The number of halogens is 1. The van der Waals surface area contributed by atoms with Crippen molar-refractivity contribution in [2.45, 2.75) is 18.7 Å². The van der Waals surface area contributed by atoms with Crippen LogP contribution >= 0.6 is 7.60 Å². The van der Waals surface area contributed by atoms with Gasteiger partial charge in [-0.05, 0) is 38.8 Å². The summed E-state index contributed by atoms with van der Waals surface area (Å²) in [6.45, 7) is 1.82. The van der Waals surface area contributed by atoms with E-state index in [4.69, 9.17) is 0 Å². The zero-order valence-corrected chi connectivity index (χ0v) is 12.4. The molecule has 0 saturated heterocycles. The summed E-state index contributed by atoms with van der Waals surface area (Å²) in [6, 6.07) is 14.0. The van der Waals surface area contributed by atoms with Crippen LogP contribution in [-0.4, -0.2) is 0 Å². The molecule has 0 radical (unpaired) electrons. The topological polar surface area (TPSA) is 79.8 Å². The van der Waals surface area contributed by atoms with Crippen molar-refractivity contribution in [3.8, 4) is 0 Å². The van der Waals surface area contributed by atoms with Gasteiger partial charge in [0.1, 0.15) is 17.6 Å². The van der Waals surface area contributed by atoms with Crippen LogP contribution in [0.25, 0.3) is 0 Å². The Labute approximate surface area is 122 Å². The van der Waals surface area contributed by atoms with Crippen LogP contribution < -0.4 is 15.1 Å². The van der Waals surface area contributed by atoms with Gasteiger partial charge in [-0.1, -0.05) is 30.3 Å². The summed E-state index contributed by atoms with van der Waals surface area (Å²) in [5.41, 5.74) is 1.20. The van der Waals surface area contributed by atoms with Crippen LogP contribution in [-0.2, 0) is 4.57 Å². The summed E-state index contributed by atoms with van der Waals surface area (Å²) in [4.78, 5) is 23.1. The van der Waals surface area contributed by atoms with E-state index in [1.165, 1.54) is 17.4 Å². The van der Waals surface area contributed by atoms with Gasteiger partial charge in [0.05, 0.1) is 0 Å². The van der Waals surface area contributed by atoms with Crippen LogP contribution in [0.3, 0.4) is 0 Å². The lowest BCUT2D eigenvalue weighted by molar-refractivity contribution is -0.720. The van der Waals surface area contributed by atoms with E-state index >= 15 is 0 Å². The van der Waals surface area contributed by atoms with Gasteiger partial charge in [0, 0.05) is 11.1 Å². The highest BCUT2D eigenvalue weighted by Crippen LogP contribution is 2.39. The van der Waals surface area contributed by atoms with E-state index in [1.54, 1.807) is 0 Å². The van der Waals surface area contributed by atoms with E-state index in [9.17, 15) is 18.7 Å². The lowest BCUT2D eigenvalue weighted by Crippen LogP contribution is -2.86. The van der Waals surface area contributed by atoms with Gasteiger partial charge in [0.15, 0.2) is 0 Å². The molecule has 0 fully saturated rings. The van der Waals surface area contributed by atoms with E-state index in [2.05, 4.69) is 0 Å². The maximum atomic E-state index is 12.9. The SMILES string of the molecule is C[C@@H]([NH2+][C@H](c1ccc(F)cc1)P(=O)([O-])[O-])c1ccccc1. The fraction of sp³-hybridized carbons (Fsp3) is 0.200. The van der Waals surface area contributed by atoms with Crippen LogP contribution in [0, 0.1) is 5.82 Å². The van der Waals surface area contributed by atoms with Crippen LogP contribution in [0.5, 0.6) is 0 Å². The van der Waals surface area contributed by atoms with Crippen LogP contribution in [0.15, 0.2) is 54.6 Å². The Morgan fingerprint density at radius 1 is 1.00 bits per heavy atom. The molecule has 0 amide bonds. The molecule has 0 aliphatic rings. The second kappa shape index (κ2) is 6.50. The first-order valence-electron chi connectivity index (χ1n) is 6.55. The van der Waals surface area contributed by atoms with Crippen LogP contribution in [0.4, 0.5) is 4.39 Å². The molecule has 2 atom stereocenters. The maximum Gasteiger partial charge on any atom is 0.137 e. The van der Waals surface area contributed by atoms with Crippen molar-refractivity contribution >= 4 is 7.60 Å². The third-order valence-electron chi connectivity index (χ3n) is 3.35. The Balaban J connectivity index is 2.26. The molecule has 21 heavy (non-hydrogen) atoms. The Morgan fingerprint density at radius 3 is 2.10 bits per heavy atom. The maximum absolute atomic E-state index is 12.9. The molecular weight excluding hydrogens is 292 g/mol. The number of hydrogen-bond donors (Lipinski definition) is 1. The Morgan fingerprint density at radius 2 is 1.57 bits per heavy atom. The second-order valence-corrected chi connectivity index (χ2v) is 6.56. The number of quaternary nitrogens is 1. The van der Waals surface area contributed by atoms with Gasteiger partial charge < -0.3 is 19.7 Å². The van der Waals surface area contributed by atoms with E-state index in [1.807, 2.05) is 37.3 Å². The van der Waals surface area contributed by atoms with Crippen molar-refractivity contribution in [3.63, 3.8) is 0 Å². The van der Waals surface area contributed by atoms with Crippen molar-refractivity contribution in [1.82, 2.24) is 0 Å². The number of nitrogens with two attached hydrogens (primary N) is 1. The van der Waals surface area contributed by atoms with Gasteiger partial charge in [-0.3, -0.25) is 0 Å². The molecule has 2 N–H and O–H groups in total. The van der Waals surface area contributed by atoms with Crippen LogP contribution in [0.1, 0.15) is 29.9 Å². The van der Waals surface area contributed by atoms with Crippen molar-refractivity contribution in [2.24, 2.45) is 0 Å². The molecule has 4 nitrogen and oxygen atoms in total. The van der Waals surface area contributed by atoms with Gasteiger partial charge in [0.2, 0.25) is 0 Å². The molecule has 2 rings (SSSR count). The molecule has 6 heteroatoms. The first-order valence-corrected chi connectivity index (χ1v) is 8.16. The molecule has 112 valence electrons.